The first-order valence-electron chi connectivity index (χ1n) is 9.42. The van der Waals surface area contributed by atoms with Crippen molar-refractivity contribution in [2.75, 3.05) is 36.0 Å². The van der Waals surface area contributed by atoms with Gasteiger partial charge in [0, 0.05) is 45.2 Å². The molecule has 0 aliphatic carbocycles. The Morgan fingerprint density at radius 1 is 1.08 bits per heavy atom. The number of β-amino-alcohol motifs (C(OH)–C–C–N with tert-alkyl or cyclic N) is 1. The number of benzene rings is 1. The minimum absolute atomic E-state index is 0.241. The maximum Gasteiger partial charge on any atom is 0.227 e. The fourth-order valence-corrected chi connectivity index (χ4v) is 3.67. The molecule has 1 aromatic heterocycles. The molecule has 3 heterocycles. The van der Waals surface area contributed by atoms with Crippen molar-refractivity contribution >= 4 is 11.8 Å². The zero-order valence-electron chi connectivity index (χ0n) is 15.2. The minimum Gasteiger partial charge on any atom is -0.490 e. The van der Waals surface area contributed by atoms with Crippen molar-refractivity contribution in [2.45, 2.75) is 38.4 Å². The highest BCUT2D eigenvalue weighted by Gasteiger charge is 2.25. The van der Waals surface area contributed by atoms with Crippen molar-refractivity contribution in [1.29, 1.82) is 0 Å². The first-order valence-corrected chi connectivity index (χ1v) is 9.42. The van der Waals surface area contributed by atoms with Crippen molar-refractivity contribution in [3.05, 3.63) is 42.1 Å². The van der Waals surface area contributed by atoms with Gasteiger partial charge in [-0.25, -0.2) is 4.98 Å². The fourth-order valence-electron chi connectivity index (χ4n) is 3.67. The molecule has 0 spiro atoms. The van der Waals surface area contributed by atoms with Crippen molar-refractivity contribution in [1.82, 2.24) is 9.97 Å². The first kappa shape index (κ1) is 17.1. The molecule has 0 bridgehead atoms. The van der Waals surface area contributed by atoms with E-state index in [4.69, 9.17) is 9.72 Å². The summed E-state index contributed by atoms with van der Waals surface area (Å²) in [6.07, 6.45) is 4.54. The molecule has 0 radical (unpaired) electrons. The molecule has 26 heavy (non-hydrogen) atoms. The van der Waals surface area contributed by atoms with E-state index >= 15 is 0 Å². The Bertz CT molecular complexity index is 746. The zero-order chi connectivity index (χ0) is 17.9. The summed E-state index contributed by atoms with van der Waals surface area (Å²) < 4.78 is 6.13. The van der Waals surface area contributed by atoms with Crippen LogP contribution in [0, 0.1) is 6.92 Å². The van der Waals surface area contributed by atoms with Gasteiger partial charge in [-0.1, -0.05) is 12.1 Å². The summed E-state index contributed by atoms with van der Waals surface area (Å²) in [5.74, 6) is 2.64. The molecule has 0 unspecified atom stereocenters. The minimum atomic E-state index is -0.247. The highest BCUT2D eigenvalue weighted by atomic mass is 16.5. The summed E-state index contributed by atoms with van der Waals surface area (Å²) in [5, 5.41) is 9.74. The molecule has 2 aromatic rings. The third-order valence-corrected chi connectivity index (χ3v) is 5.13. The number of piperidine rings is 1. The van der Waals surface area contributed by atoms with Crippen LogP contribution in [0.2, 0.25) is 0 Å². The van der Waals surface area contributed by atoms with Gasteiger partial charge < -0.3 is 19.6 Å². The van der Waals surface area contributed by atoms with E-state index < -0.39 is 0 Å². The van der Waals surface area contributed by atoms with Crippen molar-refractivity contribution in [3.63, 3.8) is 0 Å². The van der Waals surface area contributed by atoms with E-state index in [-0.39, 0.29) is 12.2 Å². The number of nitrogens with zero attached hydrogens (tertiary/aromatic N) is 4. The van der Waals surface area contributed by atoms with Crippen LogP contribution < -0.4 is 14.5 Å². The topological polar surface area (TPSA) is 61.7 Å². The summed E-state index contributed by atoms with van der Waals surface area (Å²) in [5.41, 5.74) is 1.22. The lowest BCUT2D eigenvalue weighted by molar-refractivity contribution is 0.170. The van der Waals surface area contributed by atoms with Gasteiger partial charge >= 0.3 is 0 Å². The van der Waals surface area contributed by atoms with Crippen LogP contribution in [0.1, 0.15) is 24.8 Å². The zero-order valence-corrected chi connectivity index (χ0v) is 15.2. The predicted molar refractivity (Wildman–Crippen MR) is 102 cm³/mol. The number of aliphatic hydroxyl groups is 1. The molecule has 6 heteroatoms. The van der Waals surface area contributed by atoms with Crippen LogP contribution in [0.4, 0.5) is 11.8 Å². The van der Waals surface area contributed by atoms with Gasteiger partial charge in [0.15, 0.2) is 0 Å². The third-order valence-electron chi connectivity index (χ3n) is 5.13. The van der Waals surface area contributed by atoms with E-state index in [1.807, 2.05) is 24.4 Å². The second-order valence-corrected chi connectivity index (χ2v) is 7.22. The van der Waals surface area contributed by atoms with Crippen LogP contribution in [0.5, 0.6) is 5.75 Å². The molecule has 1 N–H and O–H groups in total. The first-order chi connectivity index (χ1) is 12.7. The molecular formula is C20H26N4O2. The quantitative estimate of drug-likeness (QED) is 0.910. The Morgan fingerprint density at radius 3 is 2.62 bits per heavy atom. The standard InChI is InChI=1S/C20H26N4O2/c1-15-3-2-4-18(13-15)26-17-7-11-23(12-8-17)20-21-9-5-19(22-20)24-10-6-16(25)14-24/h2-5,9,13,16-17,25H,6-8,10-12,14H2,1H3/t16-/m1/s1. The molecule has 0 amide bonds. The lowest BCUT2D eigenvalue weighted by atomic mass is 10.1. The van der Waals surface area contributed by atoms with E-state index in [1.165, 1.54) is 5.56 Å². The highest BCUT2D eigenvalue weighted by Crippen LogP contribution is 2.24. The largest absolute Gasteiger partial charge is 0.490 e. The Kier molecular flexibility index (Phi) is 4.93. The van der Waals surface area contributed by atoms with Gasteiger partial charge in [0.25, 0.3) is 0 Å². The van der Waals surface area contributed by atoms with Gasteiger partial charge in [0.2, 0.25) is 5.95 Å². The Labute approximate surface area is 154 Å². The molecule has 1 atom stereocenters. The van der Waals surface area contributed by atoms with Gasteiger partial charge in [-0.15, -0.1) is 0 Å². The second kappa shape index (κ2) is 7.50. The molecule has 2 saturated heterocycles. The van der Waals surface area contributed by atoms with E-state index in [9.17, 15) is 5.11 Å². The van der Waals surface area contributed by atoms with Gasteiger partial charge in [-0.3, -0.25) is 0 Å². The Morgan fingerprint density at radius 2 is 1.88 bits per heavy atom. The lowest BCUT2D eigenvalue weighted by Gasteiger charge is -2.32. The number of anilines is 2. The number of ether oxygens (including phenoxy) is 1. The number of rotatable bonds is 4. The molecule has 2 aliphatic heterocycles. The molecule has 2 fully saturated rings. The summed E-state index contributed by atoms with van der Waals surface area (Å²) in [7, 11) is 0. The van der Waals surface area contributed by atoms with E-state index in [0.29, 0.717) is 6.54 Å². The SMILES string of the molecule is Cc1cccc(OC2CCN(c3nccc(N4CC[C@@H](O)C4)n3)CC2)c1. The van der Waals surface area contributed by atoms with Crippen LogP contribution in [0.25, 0.3) is 0 Å². The predicted octanol–water partition coefficient (Wildman–Crippen LogP) is 2.40. The molecule has 6 nitrogen and oxygen atoms in total. The second-order valence-electron chi connectivity index (χ2n) is 7.22. The van der Waals surface area contributed by atoms with Crippen LogP contribution in [0.3, 0.4) is 0 Å². The summed E-state index contributed by atoms with van der Waals surface area (Å²) >= 11 is 0. The van der Waals surface area contributed by atoms with E-state index in [1.54, 1.807) is 0 Å². The maximum atomic E-state index is 9.74. The monoisotopic (exact) mass is 354 g/mol. The van der Waals surface area contributed by atoms with Gasteiger partial charge in [-0.2, -0.15) is 4.98 Å². The molecule has 2 aliphatic rings. The fraction of sp³-hybridized carbons (Fsp3) is 0.500. The average molecular weight is 354 g/mol. The summed E-state index contributed by atoms with van der Waals surface area (Å²) in [6, 6.07) is 10.2. The van der Waals surface area contributed by atoms with Crippen LogP contribution in [-0.4, -0.2) is 53.5 Å². The van der Waals surface area contributed by atoms with Crippen molar-refractivity contribution in [2.24, 2.45) is 0 Å². The molecule has 138 valence electrons. The average Bonchev–Trinajstić information content (AvgIpc) is 3.09. The van der Waals surface area contributed by atoms with Crippen molar-refractivity contribution in [3.8, 4) is 5.75 Å². The van der Waals surface area contributed by atoms with Crippen LogP contribution in [-0.2, 0) is 0 Å². The summed E-state index contributed by atoms with van der Waals surface area (Å²) in [6.45, 7) is 5.37. The molecule has 4 rings (SSSR count). The van der Waals surface area contributed by atoms with Gasteiger partial charge in [0.05, 0.1) is 6.10 Å². The van der Waals surface area contributed by atoms with Crippen LogP contribution in [0.15, 0.2) is 36.5 Å². The number of aryl methyl sites for hydroxylation is 1. The molecule has 0 saturated carbocycles. The van der Waals surface area contributed by atoms with Gasteiger partial charge in [-0.05, 0) is 37.1 Å². The highest BCUT2D eigenvalue weighted by molar-refractivity contribution is 5.45. The number of aliphatic hydroxyl groups excluding tert-OH is 1. The Balaban J connectivity index is 1.36. The Hall–Kier alpha value is -2.34. The maximum absolute atomic E-state index is 9.74. The molecule has 1 aromatic carbocycles. The number of aromatic nitrogens is 2. The van der Waals surface area contributed by atoms with E-state index in [0.717, 1.165) is 56.4 Å². The van der Waals surface area contributed by atoms with E-state index in [2.05, 4.69) is 33.8 Å². The smallest absolute Gasteiger partial charge is 0.227 e. The normalized spacial score (nSPS) is 21.2. The molecular weight excluding hydrogens is 328 g/mol. The van der Waals surface area contributed by atoms with Crippen molar-refractivity contribution < 1.29 is 9.84 Å². The van der Waals surface area contributed by atoms with Crippen LogP contribution >= 0.6 is 0 Å². The van der Waals surface area contributed by atoms with Gasteiger partial charge in [0.1, 0.15) is 17.7 Å². The summed E-state index contributed by atoms with van der Waals surface area (Å²) in [4.78, 5) is 13.5. The number of hydrogen-bond acceptors (Lipinski definition) is 6. The number of hydrogen-bond donors (Lipinski definition) is 1. The third kappa shape index (κ3) is 3.90. The lowest BCUT2D eigenvalue weighted by Crippen LogP contribution is -2.39.